The van der Waals surface area contributed by atoms with Crippen LogP contribution in [0.2, 0.25) is 5.02 Å². The van der Waals surface area contributed by atoms with Crippen molar-refractivity contribution in [3.05, 3.63) is 87.2 Å². The zero-order valence-electron chi connectivity index (χ0n) is 25.2. The number of fused-ring (bicyclic) bond motifs is 2. The molecule has 1 aliphatic heterocycles. The summed E-state index contributed by atoms with van der Waals surface area (Å²) < 4.78 is 42.7. The minimum atomic E-state index is -4.43. The van der Waals surface area contributed by atoms with Gasteiger partial charge in [0.2, 0.25) is 0 Å². The number of hydrazine groups is 2. The van der Waals surface area contributed by atoms with Crippen LogP contribution < -0.4 is 27.2 Å². The monoisotopic (exact) mass is 635 g/mol. The number of alkyl halides is 3. The number of hydrogen-bond acceptors (Lipinski definition) is 7. The van der Waals surface area contributed by atoms with Crippen LogP contribution >= 0.6 is 11.6 Å². The summed E-state index contributed by atoms with van der Waals surface area (Å²) in [4.78, 5) is 17.5. The number of aryl methyl sites for hydroxylation is 1. The van der Waals surface area contributed by atoms with E-state index in [2.05, 4.69) is 39.4 Å². The molecule has 1 saturated carbocycles. The van der Waals surface area contributed by atoms with E-state index in [1.807, 2.05) is 29.4 Å². The number of terminal acetylenes is 1. The van der Waals surface area contributed by atoms with Crippen LogP contribution in [0.15, 0.2) is 65.5 Å². The Morgan fingerprint density at radius 1 is 1.18 bits per heavy atom. The summed E-state index contributed by atoms with van der Waals surface area (Å²) in [6.45, 7) is 4.01. The summed E-state index contributed by atoms with van der Waals surface area (Å²) in [6.07, 6.45) is 8.58. The van der Waals surface area contributed by atoms with Gasteiger partial charge in [0.1, 0.15) is 0 Å². The lowest BCUT2D eigenvalue weighted by Gasteiger charge is -2.29. The predicted molar refractivity (Wildman–Crippen MR) is 172 cm³/mol. The van der Waals surface area contributed by atoms with Crippen LogP contribution in [0.1, 0.15) is 50.8 Å². The van der Waals surface area contributed by atoms with E-state index in [1.54, 1.807) is 31.4 Å². The first-order valence-electron chi connectivity index (χ1n) is 14.5. The van der Waals surface area contributed by atoms with Gasteiger partial charge >= 0.3 is 6.18 Å². The van der Waals surface area contributed by atoms with E-state index in [1.165, 1.54) is 10.8 Å². The molecule has 0 amide bonds. The van der Waals surface area contributed by atoms with Gasteiger partial charge in [-0.1, -0.05) is 29.7 Å². The Morgan fingerprint density at radius 2 is 1.93 bits per heavy atom. The molecule has 234 valence electrons. The number of nitrogens with one attached hydrogen (secondary N) is 4. The average Bonchev–Trinajstić information content (AvgIpc) is 3.54. The van der Waals surface area contributed by atoms with Gasteiger partial charge in [-0.15, -0.1) is 12.0 Å². The standard InChI is InChI=1S/C33H33ClF3N7O/c1-6-19-16-38-28-24(27(19)39-18-31(2,3)33(35,36)37)14-20(15-25(28)34)40-29(26-17-44(42-41-26)32(4)11-12-32)22-8-7-9-23-21(22)10-13-43(5)30(23)45/h1,7-10,13-17,29,40-42H,11-12,18H2,2-5H3,(H,38,39)/t29-/m0/s1. The molecule has 0 spiro atoms. The van der Waals surface area contributed by atoms with Gasteiger partial charge in [-0.3, -0.25) is 14.8 Å². The lowest BCUT2D eigenvalue weighted by atomic mass is 9.92. The zero-order chi connectivity index (χ0) is 32.3. The Balaban J connectivity index is 1.47. The van der Waals surface area contributed by atoms with Gasteiger partial charge in [0.15, 0.2) is 0 Å². The second-order valence-electron chi connectivity index (χ2n) is 12.6. The van der Waals surface area contributed by atoms with E-state index < -0.39 is 24.2 Å². The molecule has 3 heterocycles. The average molecular weight is 636 g/mol. The van der Waals surface area contributed by atoms with Gasteiger partial charge in [-0.05, 0) is 68.8 Å². The van der Waals surface area contributed by atoms with Gasteiger partial charge in [0, 0.05) is 48.6 Å². The number of benzene rings is 2. The minimum Gasteiger partial charge on any atom is -0.383 e. The fourth-order valence-corrected chi connectivity index (χ4v) is 5.65. The maximum Gasteiger partial charge on any atom is 0.395 e. The number of anilines is 2. The fraction of sp³-hybridized carbons (Fsp3) is 0.333. The fourth-order valence-electron chi connectivity index (χ4n) is 5.38. The van der Waals surface area contributed by atoms with Crippen LogP contribution in [-0.4, -0.2) is 32.8 Å². The lowest BCUT2D eigenvalue weighted by molar-refractivity contribution is -0.206. The van der Waals surface area contributed by atoms with E-state index in [9.17, 15) is 18.0 Å². The van der Waals surface area contributed by atoms with Crippen LogP contribution in [0.4, 0.5) is 24.5 Å². The molecule has 6 rings (SSSR count). The largest absolute Gasteiger partial charge is 0.395 e. The Morgan fingerprint density at radius 3 is 2.62 bits per heavy atom. The van der Waals surface area contributed by atoms with Crippen molar-refractivity contribution in [1.82, 2.24) is 25.5 Å². The summed E-state index contributed by atoms with van der Waals surface area (Å²) in [5, 5.41) is 10.7. The Hall–Kier alpha value is -4.40. The first kappa shape index (κ1) is 30.6. The van der Waals surface area contributed by atoms with Crippen LogP contribution in [0, 0.1) is 17.8 Å². The highest BCUT2D eigenvalue weighted by molar-refractivity contribution is 6.35. The third-order valence-electron chi connectivity index (χ3n) is 8.79. The second kappa shape index (κ2) is 10.9. The number of aromatic nitrogens is 2. The van der Waals surface area contributed by atoms with Crippen molar-refractivity contribution in [3.8, 4) is 12.3 Å². The zero-order valence-corrected chi connectivity index (χ0v) is 26.0. The highest BCUT2D eigenvalue weighted by Crippen LogP contribution is 2.43. The van der Waals surface area contributed by atoms with E-state index in [0.29, 0.717) is 38.3 Å². The maximum atomic E-state index is 13.7. The van der Waals surface area contributed by atoms with Crippen molar-refractivity contribution in [2.24, 2.45) is 12.5 Å². The minimum absolute atomic E-state index is 0.0116. The molecular weight excluding hydrogens is 603 g/mol. The molecule has 0 radical (unpaired) electrons. The highest BCUT2D eigenvalue weighted by atomic mass is 35.5. The summed E-state index contributed by atoms with van der Waals surface area (Å²) >= 11 is 6.75. The van der Waals surface area contributed by atoms with Crippen LogP contribution in [-0.2, 0) is 7.05 Å². The number of hydrogen-bond donors (Lipinski definition) is 4. The van der Waals surface area contributed by atoms with Gasteiger partial charge < -0.3 is 20.6 Å². The molecule has 8 nitrogen and oxygen atoms in total. The molecule has 45 heavy (non-hydrogen) atoms. The molecule has 1 fully saturated rings. The molecule has 4 N–H and O–H groups in total. The topological polar surface area (TPSA) is 86.2 Å². The lowest BCUT2D eigenvalue weighted by Crippen LogP contribution is -2.43. The SMILES string of the molecule is C#Cc1cnc2c(Cl)cc(N[C@H](C3=CN(C4(C)CC4)NN3)c3cccc4c(=O)n(C)ccc34)cc2c1NCC(C)(C)C(F)(F)F. The van der Waals surface area contributed by atoms with Crippen molar-refractivity contribution >= 4 is 44.7 Å². The van der Waals surface area contributed by atoms with Gasteiger partial charge in [0.25, 0.3) is 5.56 Å². The van der Waals surface area contributed by atoms with Gasteiger partial charge in [-0.25, -0.2) is 0 Å². The number of nitrogens with zero attached hydrogens (tertiary/aromatic N) is 3. The first-order valence-corrected chi connectivity index (χ1v) is 14.9. The molecule has 2 aliphatic rings. The highest BCUT2D eigenvalue weighted by Gasteiger charge is 2.47. The van der Waals surface area contributed by atoms with E-state index in [0.717, 1.165) is 43.3 Å². The molecule has 0 unspecified atom stereocenters. The summed E-state index contributed by atoms with van der Waals surface area (Å²) in [6, 6.07) is 10.5. The van der Waals surface area contributed by atoms with Crippen molar-refractivity contribution in [3.63, 3.8) is 0 Å². The smallest absolute Gasteiger partial charge is 0.383 e. The van der Waals surface area contributed by atoms with Crippen molar-refractivity contribution in [2.75, 3.05) is 17.2 Å². The Kier molecular flexibility index (Phi) is 7.41. The predicted octanol–water partition coefficient (Wildman–Crippen LogP) is 6.59. The van der Waals surface area contributed by atoms with E-state index >= 15 is 0 Å². The second-order valence-corrected chi connectivity index (χ2v) is 13.0. The number of halogens is 4. The third-order valence-corrected chi connectivity index (χ3v) is 9.08. The van der Waals surface area contributed by atoms with Crippen LogP contribution in [0.25, 0.3) is 21.7 Å². The summed E-state index contributed by atoms with van der Waals surface area (Å²) in [7, 11) is 1.71. The molecule has 2 aromatic heterocycles. The van der Waals surface area contributed by atoms with Crippen molar-refractivity contribution in [1.29, 1.82) is 0 Å². The molecule has 0 bridgehead atoms. The molecule has 2 aromatic carbocycles. The van der Waals surface area contributed by atoms with Crippen LogP contribution in [0.5, 0.6) is 0 Å². The Bertz CT molecular complexity index is 1960. The molecule has 12 heteroatoms. The van der Waals surface area contributed by atoms with Crippen molar-refractivity contribution < 1.29 is 13.2 Å². The molecule has 4 aromatic rings. The molecule has 1 aliphatic carbocycles. The molecule has 1 atom stereocenters. The normalized spacial score (nSPS) is 16.7. The van der Waals surface area contributed by atoms with E-state index in [-0.39, 0.29) is 11.1 Å². The van der Waals surface area contributed by atoms with Crippen LogP contribution in [0.3, 0.4) is 0 Å². The number of pyridine rings is 2. The summed E-state index contributed by atoms with van der Waals surface area (Å²) in [5.41, 5.74) is 7.64. The first-order chi connectivity index (χ1) is 21.2. The molecular formula is C33H33ClF3N7O. The maximum absolute atomic E-state index is 13.7. The van der Waals surface area contributed by atoms with Gasteiger partial charge in [0.05, 0.1) is 44.5 Å². The quantitative estimate of drug-likeness (QED) is 0.163. The summed E-state index contributed by atoms with van der Waals surface area (Å²) in [5.74, 6) is 2.53. The number of rotatable bonds is 8. The van der Waals surface area contributed by atoms with E-state index in [4.69, 9.17) is 18.0 Å². The Labute approximate surface area is 263 Å². The molecule has 0 saturated heterocycles. The third kappa shape index (κ3) is 5.53. The van der Waals surface area contributed by atoms with Gasteiger partial charge in [-0.2, -0.15) is 13.2 Å². The van der Waals surface area contributed by atoms with Crippen molar-refractivity contribution in [2.45, 2.75) is 51.4 Å².